The second-order valence-electron chi connectivity index (χ2n) is 8.64. The number of amides is 2. The van der Waals surface area contributed by atoms with Gasteiger partial charge in [0.1, 0.15) is 5.82 Å². The Kier molecular flexibility index (Phi) is 5.51. The zero-order valence-corrected chi connectivity index (χ0v) is 18.8. The number of aromatic nitrogens is 2. The van der Waals surface area contributed by atoms with Gasteiger partial charge in [0.25, 0.3) is 11.2 Å². The smallest absolute Gasteiger partial charge is 0.274 e. The van der Waals surface area contributed by atoms with E-state index in [4.69, 9.17) is 0 Å². The first-order valence-electron chi connectivity index (χ1n) is 11.1. The van der Waals surface area contributed by atoms with E-state index in [2.05, 4.69) is 26.7 Å². The Morgan fingerprint density at radius 2 is 1.97 bits per heavy atom. The summed E-state index contributed by atoms with van der Waals surface area (Å²) in [5.41, 5.74) is 2.43. The number of fused-ring (bicyclic) bond motifs is 2. The van der Waals surface area contributed by atoms with E-state index in [1.54, 1.807) is 6.92 Å². The van der Waals surface area contributed by atoms with Gasteiger partial charge in [-0.2, -0.15) is 4.98 Å². The first kappa shape index (κ1) is 22.3. The van der Waals surface area contributed by atoms with Gasteiger partial charge in [0.15, 0.2) is 0 Å². The topological polar surface area (TPSA) is 150 Å². The summed E-state index contributed by atoms with van der Waals surface area (Å²) >= 11 is 0. The summed E-state index contributed by atoms with van der Waals surface area (Å²) in [6.45, 7) is 2.79. The largest absolute Gasteiger partial charge is 0.338 e. The Morgan fingerprint density at radius 1 is 1.20 bits per heavy atom. The summed E-state index contributed by atoms with van der Waals surface area (Å²) in [6.07, 6.45) is 0.547. The number of anilines is 3. The predicted octanol–water partition coefficient (Wildman–Crippen LogP) is 2.61. The Hall–Kier alpha value is -4.54. The minimum absolute atomic E-state index is 0.0499. The molecule has 178 valence electrons. The van der Waals surface area contributed by atoms with Gasteiger partial charge in [-0.3, -0.25) is 29.5 Å². The zero-order valence-electron chi connectivity index (χ0n) is 18.8. The molecule has 5 rings (SSSR count). The molecule has 1 aromatic heterocycles. The summed E-state index contributed by atoms with van der Waals surface area (Å²) in [4.78, 5) is 58.4. The number of carbonyl (C=O) groups is 2. The summed E-state index contributed by atoms with van der Waals surface area (Å²) in [7, 11) is 0. The van der Waals surface area contributed by atoms with Crippen molar-refractivity contribution in [2.45, 2.75) is 32.2 Å². The lowest BCUT2D eigenvalue weighted by Gasteiger charge is -2.30. The number of nitro benzene ring substituents is 1. The van der Waals surface area contributed by atoms with Crippen LogP contribution < -0.4 is 21.1 Å². The van der Waals surface area contributed by atoms with Crippen LogP contribution in [0.15, 0.2) is 47.3 Å². The Morgan fingerprint density at radius 3 is 2.74 bits per heavy atom. The van der Waals surface area contributed by atoms with Crippen molar-refractivity contribution in [2.24, 2.45) is 0 Å². The lowest BCUT2D eigenvalue weighted by atomic mass is 9.92. The zero-order chi connectivity index (χ0) is 24.7. The molecule has 35 heavy (non-hydrogen) atoms. The number of nitrogens with zero attached hydrogens (tertiary/aromatic N) is 3. The van der Waals surface area contributed by atoms with E-state index in [1.165, 1.54) is 23.8 Å². The van der Waals surface area contributed by atoms with Gasteiger partial charge in [-0.1, -0.05) is 30.3 Å². The standard InChI is InChI=1S/C24H22N6O5/c1-13-6-7-16(10-18(13)30(34)35)25-22(32)17-11-19(31)26-21-20(17)23(33)28-24(27-21)29-9-8-14-4-2-3-5-15(14)12-29/h2-7,10,17H,8-9,11-12H2,1H3,(H,25,32)(H2,26,27,28,31,33)/t17-/m0/s1. The van der Waals surface area contributed by atoms with Gasteiger partial charge < -0.3 is 15.5 Å². The van der Waals surface area contributed by atoms with E-state index in [9.17, 15) is 24.5 Å². The van der Waals surface area contributed by atoms with Crippen molar-refractivity contribution in [3.05, 3.63) is 85.2 Å². The summed E-state index contributed by atoms with van der Waals surface area (Å²) < 4.78 is 0. The Labute approximate surface area is 199 Å². The Bertz CT molecular complexity index is 1430. The van der Waals surface area contributed by atoms with E-state index in [1.807, 2.05) is 23.1 Å². The van der Waals surface area contributed by atoms with Crippen molar-refractivity contribution in [3.63, 3.8) is 0 Å². The van der Waals surface area contributed by atoms with E-state index in [0.717, 1.165) is 12.0 Å². The molecule has 2 amide bonds. The first-order chi connectivity index (χ1) is 16.8. The fourth-order valence-corrected chi connectivity index (χ4v) is 4.52. The molecular weight excluding hydrogens is 452 g/mol. The van der Waals surface area contributed by atoms with E-state index in [-0.39, 0.29) is 29.2 Å². The van der Waals surface area contributed by atoms with Crippen molar-refractivity contribution in [3.8, 4) is 0 Å². The highest BCUT2D eigenvalue weighted by Gasteiger charge is 2.35. The van der Waals surface area contributed by atoms with Crippen LogP contribution >= 0.6 is 0 Å². The van der Waals surface area contributed by atoms with Gasteiger partial charge >= 0.3 is 0 Å². The maximum atomic E-state index is 13.1. The molecule has 0 saturated carbocycles. The first-order valence-corrected chi connectivity index (χ1v) is 11.1. The number of hydrogen-bond donors (Lipinski definition) is 3. The average Bonchev–Trinajstić information content (AvgIpc) is 2.83. The third-order valence-electron chi connectivity index (χ3n) is 6.36. The second-order valence-corrected chi connectivity index (χ2v) is 8.64. The number of aromatic amines is 1. The number of aryl methyl sites for hydroxylation is 1. The lowest BCUT2D eigenvalue weighted by Crippen LogP contribution is -2.38. The Balaban J connectivity index is 1.44. The van der Waals surface area contributed by atoms with Gasteiger partial charge in [-0.05, 0) is 30.5 Å². The van der Waals surface area contributed by atoms with Crippen molar-refractivity contribution < 1.29 is 14.5 Å². The molecule has 0 fully saturated rings. The fraction of sp³-hybridized carbons (Fsp3) is 0.250. The molecule has 11 nitrogen and oxygen atoms in total. The van der Waals surface area contributed by atoms with E-state index >= 15 is 0 Å². The second kappa shape index (κ2) is 8.67. The normalized spacial score (nSPS) is 16.7. The van der Waals surface area contributed by atoms with E-state index < -0.39 is 28.2 Å². The van der Waals surface area contributed by atoms with Crippen molar-refractivity contribution in [2.75, 3.05) is 22.1 Å². The molecule has 3 heterocycles. The monoisotopic (exact) mass is 474 g/mol. The quantitative estimate of drug-likeness (QED) is 0.388. The van der Waals surface area contributed by atoms with E-state index in [0.29, 0.717) is 24.6 Å². The van der Waals surface area contributed by atoms with Crippen LogP contribution in [0.4, 0.5) is 23.1 Å². The van der Waals surface area contributed by atoms with Crippen LogP contribution in [0.5, 0.6) is 0 Å². The highest BCUT2D eigenvalue weighted by atomic mass is 16.6. The highest BCUT2D eigenvalue weighted by molar-refractivity contribution is 6.04. The van der Waals surface area contributed by atoms with Crippen LogP contribution in [0, 0.1) is 17.0 Å². The predicted molar refractivity (Wildman–Crippen MR) is 129 cm³/mol. The molecule has 0 unspecified atom stereocenters. The number of carbonyl (C=O) groups excluding carboxylic acids is 2. The molecule has 0 radical (unpaired) electrons. The number of nitrogens with one attached hydrogen (secondary N) is 3. The lowest BCUT2D eigenvalue weighted by molar-refractivity contribution is -0.385. The molecule has 2 aliphatic heterocycles. The summed E-state index contributed by atoms with van der Waals surface area (Å²) in [6, 6.07) is 12.3. The van der Waals surface area contributed by atoms with Crippen LogP contribution in [-0.4, -0.2) is 33.3 Å². The molecule has 3 aromatic rings. The third-order valence-corrected chi connectivity index (χ3v) is 6.36. The summed E-state index contributed by atoms with van der Waals surface area (Å²) in [5, 5.41) is 16.4. The van der Waals surface area contributed by atoms with Crippen molar-refractivity contribution >= 4 is 35.0 Å². The van der Waals surface area contributed by atoms with Crippen LogP contribution in [0.1, 0.15) is 34.6 Å². The van der Waals surface area contributed by atoms with Gasteiger partial charge in [0, 0.05) is 36.8 Å². The van der Waals surface area contributed by atoms with Crippen LogP contribution in [0.25, 0.3) is 0 Å². The van der Waals surface area contributed by atoms with Crippen LogP contribution in [-0.2, 0) is 22.6 Å². The molecule has 0 aliphatic carbocycles. The molecule has 3 N–H and O–H groups in total. The summed E-state index contributed by atoms with van der Waals surface area (Å²) in [5.74, 6) is -1.79. The molecule has 1 atom stereocenters. The average molecular weight is 474 g/mol. The highest BCUT2D eigenvalue weighted by Crippen LogP contribution is 2.32. The SMILES string of the molecule is Cc1ccc(NC(=O)[C@H]2CC(=O)Nc3nc(N4CCc5ccccc5C4)[nH]c(=O)c32)cc1[N+](=O)[O-]. The van der Waals surface area contributed by atoms with Gasteiger partial charge in [-0.25, -0.2) is 0 Å². The van der Waals surface area contributed by atoms with Gasteiger partial charge in [-0.15, -0.1) is 0 Å². The molecule has 2 aliphatic rings. The molecular formula is C24H22N6O5. The maximum absolute atomic E-state index is 13.1. The number of hydrogen-bond acceptors (Lipinski definition) is 7. The minimum atomic E-state index is -1.09. The molecule has 0 bridgehead atoms. The van der Waals surface area contributed by atoms with Crippen molar-refractivity contribution in [1.82, 2.24) is 9.97 Å². The van der Waals surface area contributed by atoms with Gasteiger partial charge in [0.05, 0.1) is 16.4 Å². The minimum Gasteiger partial charge on any atom is -0.338 e. The van der Waals surface area contributed by atoms with Gasteiger partial charge in [0.2, 0.25) is 17.8 Å². The number of H-pyrrole nitrogens is 1. The third kappa shape index (κ3) is 4.23. The molecule has 0 saturated heterocycles. The van der Waals surface area contributed by atoms with Crippen LogP contribution in [0.3, 0.4) is 0 Å². The maximum Gasteiger partial charge on any atom is 0.274 e. The molecule has 2 aromatic carbocycles. The number of nitro groups is 1. The molecule has 0 spiro atoms. The van der Waals surface area contributed by atoms with Crippen molar-refractivity contribution in [1.29, 1.82) is 0 Å². The van der Waals surface area contributed by atoms with Crippen LogP contribution in [0.2, 0.25) is 0 Å². The fourth-order valence-electron chi connectivity index (χ4n) is 4.52. The molecule has 11 heteroatoms. The number of rotatable bonds is 4. The number of benzene rings is 2.